The van der Waals surface area contributed by atoms with Gasteiger partial charge in [0.1, 0.15) is 12.3 Å². The normalized spacial score (nSPS) is 12.4. The van der Waals surface area contributed by atoms with Gasteiger partial charge in [-0.25, -0.2) is 0 Å². The van der Waals surface area contributed by atoms with Crippen LogP contribution in [0, 0.1) is 5.41 Å². The lowest BCUT2D eigenvalue weighted by Gasteiger charge is -2.35. The van der Waals surface area contributed by atoms with E-state index in [0.29, 0.717) is 13.1 Å². The summed E-state index contributed by atoms with van der Waals surface area (Å²) in [6, 6.07) is 13.8. The molecule has 0 aliphatic rings. The quantitative estimate of drug-likeness (QED) is 0.624. The summed E-state index contributed by atoms with van der Waals surface area (Å²) < 4.78 is 5.47. The second kappa shape index (κ2) is 10.3. The molecular weight excluding hydrogens is 364 g/mol. The molecule has 0 radical (unpaired) electrons. The zero-order chi connectivity index (χ0) is 21.4. The first-order chi connectivity index (χ1) is 13.7. The van der Waals surface area contributed by atoms with Crippen molar-refractivity contribution in [3.8, 4) is 0 Å². The number of carbonyl (C=O) groups excluding carboxylic acids is 2. The molecule has 29 heavy (non-hydrogen) atoms. The van der Waals surface area contributed by atoms with E-state index in [9.17, 15) is 9.59 Å². The third-order valence-electron chi connectivity index (χ3n) is 5.12. The van der Waals surface area contributed by atoms with Crippen LogP contribution in [0.5, 0.6) is 0 Å². The molecule has 2 aromatic rings. The predicted molar refractivity (Wildman–Crippen MR) is 115 cm³/mol. The number of rotatable bonds is 9. The number of hydrogen-bond acceptors (Lipinski definition) is 3. The number of carbonyl (C=O) groups is 2. The SMILES string of the molecule is CCC(C)N(CC(=O)N(CCc1ccccc1)Cc1ccco1)C(=O)C(C)(C)C. The van der Waals surface area contributed by atoms with E-state index in [-0.39, 0.29) is 24.4 Å². The molecule has 5 nitrogen and oxygen atoms in total. The fourth-order valence-corrected chi connectivity index (χ4v) is 3.12. The molecule has 0 N–H and O–H groups in total. The number of benzene rings is 1. The van der Waals surface area contributed by atoms with E-state index in [4.69, 9.17) is 4.42 Å². The maximum Gasteiger partial charge on any atom is 0.242 e. The topological polar surface area (TPSA) is 53.8 Å². The largest absolute Gasteiger partial charge is 0.467 e. The standard InChI is InChI=1S/C24H34N2O3/c1-6-19(2)26(23(28)24(3,4)5)18-22(27)25(17-21-13-10-16-29-21)15-14-20-11-8-7-9-12-20/h7-13,16,19H,6,14-15,17-18H2,1-5H3. The zero-order valence-corrected chi connectivity index (χ0v) is 18.4. The number of nitrogens with zero attached hydrogens (tertiary/aromatic N) is 2. The number of hydrogen-bond donors (Lipinski definition) is 0. The Bertz CT molecular complexity index is 763. The Labute approximate surface area is 174 Å². The van der Waals surface area contributed by atoms with Gasteiger partial charge >= 0.3 is 0 Å². The van der Waals surface area contributed by atoms with Crippen LogP contribution in [0.4, 0.5) is 0 Å². The van der Waals surface area contributed by atoms with Crippen LogP contribution in [-0.4, -0.2) is 40.7 Å². The van der Waals surface area contributed by atoms with Crippen molar-refractivity contribution in [1.29, 1.82) is 0 Å². The van der Waals surface area contributed by atoms with Gasteiger partial charge in [-0.05, 0) is 37.5 Å². The maximum absolute atomic E-state index is 13.2. The molecule has 0 saturated heterocycles. The van der Waals surface area contributed by atoms with Crippen LogP contribution < -0.4 is 0 Å². The third-order valence-corrected chi connectivity index (χ3v) is 5.12. The van der Waals surface area contributed by atoms with E-state index in [1.165, 1.54) is 5.56 Å². The van der Waals surface area contributed by atoms with Gasteiger partial charge in [0, 0.05) is 18.0 Å². The molecule has 2 amide bonds. The van der Waals surface area contributed by atoms with Crippen molar-refractivity contribution in [1.82, 2.24) is 9.80 Å². The van der Waals surface area contributed by atoms with E-state index < -0.39 is 5.41 Å². The summed E-state index contributed by atoms with van der Waals surface area (Å²) in [6.45, 7) is 10.8. The van der Waals surface area contributed by atoms with E-state index >= 15 is 0 Å². The molecule has 1 atom stereocenters. The molecular formula is C24H34N2O3. The average molecular weight is 399 g/mol. The molecule has 0 saturated carbocycles. The minimum Gasteiger partial charge on any atom is -0.467 e. The molecule has 1 heterocycles. The predicted octanol–water partition coefficient (Wildman–Crippen LogP) is 4.52. The first-order valence-corrected chi connectivity index (χ1v) is 10.4. The van der Waals surface area contributed by atoms with E-state index in [2.05, 4.69) is 12.1 Å². The molecule has 0 aliphatic carbocycles. The Kier molecular flexibility index (Phi) is 8.06. The Morgan fingerprint density at radius 1 is 1.07 bits per heavy atom. The van der Waals surface area contributed by atoms with Gasteiger partial charge < -0.3 is 14.2 Å². The summed E-state index contributed by atoms with van der Waals surface area (Å²) in [5.41, 5.74) is 0.647. The van der Waals surface area contributed by atoms with Crippen LogP contribution in [-0.2, 0) is 22.6 Å². The molecule has 2 rings (SSSR count). The van der Waals surface area contributed by atoms with E-state index in [1.54, 1.807) is 16.1 Å². The Morgan fingerprint density at radius 3 is 2.31 bits per heavy atom. The molecule has 158 valence electrons. The molecule has 0 spiro atoms. The van der Waals surface area contributed by atoms with Gasteiger partial charge in [-0.3, -0.25) is 9.59 Å². The summed E-state index contributed by atoms with van der Waals surface area (Å²) in [5.74, 6) is 0.681. The molecule has 1 unspecified atom stereocenters. The summed E-state index contributed by atoms with van der Waals surface area (Å²) in [4.78, 5) is 29.7. The monoisotopic (exact) mass is 398 g/mol. The van der Waals surface area contributed by atoms with Crippen molar-refractivity contribution in [2.24, 2.45) is 5.41 Å². The summed E-state index contributed by atoms with van der Waals surface area (Å²) in [6.07, 6.45) is 3.17. The summed E-state index contributed by atoms with van der Waals surface area (Å²) in [7, 11) is 0. The van der Waals surface area contributed by atoms with Gasteiger partial charge in [0.25, 0.3) is 0 Å². The Hall–Kier alpha value is -2.56. The first-order valence-electron chi connectivity index (χ1n) is 10.4. The van der Waals surface area contributed by atoms with Gasteiger partial charge in [-0.1, -0.05) is 58.0 Å². The van der Waals surface area contributed by atoms with Crippen molar-refractivity contribution in [2.45, 2.75) is 60.0 Å². The molecule has 0 bridgehead atoms. The minimum atomic E-state index is -0.528. The van der Waals surface area contributed by atoms with Crippen molar-refractivity contribution < 1.29 is 14.0 Å². The highest BCUT2D eigenvalue weighted by Gasteiger charge is 2.32. The fourth-order valence-electron chi connectivity index (χ4n) is 3.12. The average Bonchev–Trinajstić information content (AvgIpc) is 3.21. The molecule has 5 heteroatoms. The smallest absolute Gasteiger partial charge is 0.242 e. The lowest BCUT2D eigenvalue weighted by molar-refractivity contribution is -0.148. The third kappa shape index (κ3) is 6.77. The first kappa shape index (κ1) is 22.7. The minimum absolute atomic E-state index is 0.00112. The van der Waals surface area contributed by atoms with Gasteiger partial charge in [0.2, 0.25) is 11.8 Å². The Balaban J connectivity index is 2.16. The van der Waals surface area contributed by atoms with Gasteiger partial charge in [-0.2, -0.15) is 0 Å². The summed E-state index contributed by atoms with van der Waals surface area (Å²) in [5, 5.41) is 0. The van der Waals surface area contributed by atoms with Crippen LogP contribution in [0.3, 0.4) is 0 Å². The molecule has 0 aliphatic heterocycles. The highest BCUT2D eigenvalue weighted by atomic mass is 16.3. The molecule has 1 aromatic heterocycles. The van der Waals surface area contributed by atoms with Crippen LogP contribution in [0.15, 0.2) is 53.1 Å². The highest BCUT2D eigenvalue weighted by molar-refractivity contribution is 5.87. The van der Waals surface area contributed by atoms with Gasteiger partial charge in [0.15, 0.2) is 0 Å². The van der Waals surface area contributed by atoms with Crippen molar-refractivity contribution in [2.75, 3.05) is 13.1 Å². The van der Waals surface area contributed by atoms with Gasteiger partial charge in [-0.15, -0.1) is 0 Å². The zero-order valence-electron chi connectivity index (χ0n) is 18.4. The van der Waals surface area contributed by atoms with Crippen molar-refractivity contribution >= 4 is 11.8 Å². The number of furan rings is 1. The second-order valence-corrected chi connectivity index (χ2v) is 8.57. The lowest BCUT2D eigenvalue weighted by atomic mass is 9.93. The van der Waals surface area contributed by atoms with Crippen LogP contribution in [0.2, 0.25) is 0 Å². The fraction of sp³-hybridized carbons (Fsp3) is 0.500. The molecule has 1 aromatic carbocycles. The van der Waals surface area contributed by atoms with Crippen LogP contribution in [0.25, 0.3) is 0 Å². The highest BCUT2D eigenvalue weighted by Crippen LogP contribution is 2.21. The lowest BCUT2D eigenvalue weighted by Crippen LogP contribution is -2.50. The second-order valence-electron chi connectivity index (χ2n) is 8.57. The van der Waals surface area contributed by atoms with Gasteiger partial charge in [0.05, 0.1) is 12.8 Å². The van der Waals surface area contributed by atoms with Crippen LogP contribution in [0.1, 0.15) is 52.4 Å². The van der Waals surface area contributed by atoms with E-state index in [1.807, 2.05) is 65.0 Å². The summed E-state index contributed by atoms with van der Waals surface area (Å²) >= 11 is 0. The molecule has 0 fully saturated rings. The Morgan fingerprint density at radius 2 is 1.76 bits per heavy atom. The van der Waals surface area contributed by atoms with Crippen molar-refractivity contribution in [3.63, 3.8) is 0 Å². The number of amides is 2. The van der Waals surface area contributed by atoms with Crippen LogP contribution >= 0.6 is 0 Å². The van der Waals surface area contributed by atoms with E-state index in [0.717, 1.165) is 18.6 Å². The van der Waals surface area contributed by atoms with Crippen molar-refractivity contribution in [3.05, 3.63) is 60.1 Å². The maximum atomic E-state index is 13.2.